The van der Waals surface area contributed by atoms with Gasteiger partial charge in [-0.3, -0.25) is 14.2 Å². The summed E-state index contributed by atoms with van der Waals surface area (Å²) >= 11 is 7.40. The predicted octanol–water partition coefficient (Wildman–Crippen LogP) is 4.86. The molecule has 0 aliphatic heterocycles. The minimum absolute atomic E-state index is 0.200. The van der Waals surface area contributed by atoms with Crippen LogP contribution in [0.1, 0.15) is 26.7 Å². The molecule has 0 saturated heterocycles. The van der Waals surface area contributed by atoms with Crippen LogP contribution in [0.15, 0.2) is 58.5 Å². The van der Waals surface area contributed by atoms with Crippen LogP contribution in [0.2, 0.25) is 5.02 Å². The summed E-state index contributed by atoms with van der Waals surface area (Å²) in [5, 5.41) is 1.03. The summed E-state index contributed by atoms with van der Waals surface area (Å²) in [6.45, 7) is 4.10. The Kier molecular flexibility index (Phi) is 6.75. The van der Waals surface area contributed by atoms with Gasteiger partial charge in [0.1, 0.15) is 5.25 Å². The number of benzene rings is 2. The summed E-state index contributed by atoms with van der Waals surface area (Å²) in [4.78, 5) is 30.3. The van der Waals surface area contributed by atoms with Crippen LogP contribution in [-0.4, -0.2) is 27.4 Å². The topological polar surface area (TPSA) is 61.2 Å². The molecule has 0 N–H and O–H groups in total. The predicted molar refractivity (Wildman–Crippen MR) is 114 cm³/mol. The second-order valence-corrected chi connectivity index (χ2v) is 7.79. The van der Waals surface area contributed by atoms with E-state index in [0.717, 1.165) is 6.42 Å². The zero-order chi connectivity index (χ0) is 20.1. The number of ether oxygens (including phenoxy) is 1. The van der Waals surface area contributed by atoms with E-state index in [-0.39, 0.29) is 11.5 Å². The van der Waals surface area contributed by atoms with E-state index in [1.54, 1.807) is 49.4 Å². The molecular weight excluding hydrogens is 396 g/mol. The van der Waals surface area contributed by atoms with E-state index in [1.807, 2.05) is 13.0 Å². The molecule has 28 heavy (non-hydrogen) atoms. The van der Waals surface area contributed by atoms with Gasteiger partial charge in [-0.1, -0.05) is 54.9 Å². The molecule has 0 spiro atoms. The van der Waals surface area contributed by atoms with Crippen molar-refractivity contribution < 1.29 is 9.53 Å². The molecule has 0 radical (unpaired) electrons. The van der Waals surface area contributed by atoms with Gasteiger partial charge < -0.3 is 4.74 Å². The van der Waals surface area contributed by atoms with Gasteiger partial charge in [0, 0.05) is 5.02 Å². The molecule has 3 rings (SSSR count). The maximum absolute atomic E-state index is 13.2. The van der Waals surface area contributed by atoms with Crippen LogP contribution in [0, 0.1) is 0 Å². The second kappa shape index (κ2) is 9.26. The van der Waals surface area contributed by atoms with Crippen LogP contribution in [0.5, 0.6) is 0 Å². The minimum Gasteiger partial charge on any atom is -0.465 e. The molecule has 5 nitrogen and oxygen atoms in total. The molecule has 0 fully saturated rings. The van der Waals surface area contributed by atoms with Crippen molar-refractivity contribution in [3.05, 3.63) is 63.9 Å². The standard InChI is InChI=1S/C21H21ClN2O3S/c1-3-8-18(20(26)27-4-2)28-21-23-17-12-6-5-11-16(17)19(25)24(21)15-10-7-9-14(22)13-15/h5-7,9-13,18H,3-4,8H2,1-2H3/t18-/m0/s1. The van der Waals surface area contributed by atoms with Gasteiger partial charge in [0.2, 0.25) is 0 Å². The first-order chi connectivity index (χ1) is 13.5. The number of rotatable bonds is 7. The van der Waals surface area contributed by atoms with Crippen molar-refractivity contribution in [2.45, 2.75) is 37.1 Å². The Balaban J connectivity index is 2.18. The first kappa shape index (κ1) is 20.4. The Morgan fingerprint density at radius 3 is 2.71 bits per heavy atom. The minimum atomic E-state index is -0.441. The van der Waals surface area contributed by atoms with E-state index in [1.165, 1.54) is 16.3 Å². The number of hydrogen-bond acceptors (Lipinski definition) is 5. The van der Waals surface area contributed by atoms with Gasteiger partial charge in [0.25, 0.3) is 5.56 Å². The van der Waals surface area contributed by atoms with Crippen molar-refractivity contribution >= 4 is 40.2 Å². The van der Waals surface area contributed by atoms with Crippen LogP contribution in [0.4, 0.5) is 0 Å². The smallest absolute Gasteiger partial charge is 0.319 e. The average molecular weight is 417 g/mol. The van der Waals surface area contributed by atoms with Crippen LogP contribution < -0.4 is 5.56 Å². The lowest BCUT2D eigenvalue weighted by Gasteiger charge is -2.18. The highest BCUT2D eigenvalue weighted by atomic mass is 35.5. The van der Waals surface area contributed by atoms with E-state index in [2.05, 4.69) is 4.98 Å². The molecule has 2 aromatic carbocycles. The van der Waals surface area contributed by atoms with Gasteiger partial charge in [0.15, 0.2) is 5.16 Å². The zero-order valence-corrected chi connectivity index (χ0v) is 17.3. The van der Waals surface area contributed by atoms with Crippen molar-refractivity contribution in [2.24, 2.45) is 0 Å². The first-order valence-corrected chi connectivity index (χ1v) is 10.4. The lowest BCUT2D eigenvalue weighted by atomic mass is 10.2. The molecule has 0 aliphatic rings. The lowest BCUT2D eigenvalue weighted by Crippen LogP contribution is -2.25. The van der Waals surface area contributed by atoms with Crippen molar-refractivity contribution in [1.29, 1.82) is 0 Å². The normalized spacial score (nSPS) is 12.1. The van der Waals surface area contributed by atoms with Gasteiger partial charge in [0.05, 0.1) is 23.2 Å². The molecule has 3 aromatic rings. The van der Waals surface area contributed by atoms with Gasteiger partial charge in [-0.2, -0.15) is 0 Å². The molecule has 0 saturated carbocycles. The number of carbonyl (C=O) groups excluding carboxylic acids is 1. The number of hydrogen-bond donors (Lipinski definition) is 0. The molecule has 0 aliphatic carbocycles. The number of halogens is 1. The zero-order valence-electron chi connectivity index (χ0n) is 15.7. The number of nitrogens with zero attached hydrogens (tertiary/aromatic N) is 2. The lowest BCUT2D eigenvalue weighted by molar-refractivity contribution is -0.142. The quantitative estimate of drug-likeness (QED) is 0.312. The molecule has 0 amide bonds. The first-order valence-electron chi connectivity index (χ1n) is 9.16. The number of thioether (sulfide) groups is 1. The molecule has 0 bridgehead atoms. The Morgan fingerprint density at radius 1 is 1.21 bits per heavy atom. The summed E-state index contributed by atoms with van der Waals surface area (Å²) in [6.07, 6.45) is 1.44. The third-order valence-corrected chi connectivity index (χ3v) is 5.59. The highest BCUT2D eigenvalue weighted by molar-refractivity contribution is 8.00. The van der Waals surface area contributed by atoms with E-state index < -0.39 is 5.25 Å². The van der Waals surface area contributed by atoms with Crippen LogP contribution in [0.3, 0.4) is 0 Å². The number of carbonyl (C=O) groups is 1. The summed E-state index contributed by atoms with van der Waals surface area (Å²) in [5.41, 5.74) is 0.999. The largest absolute Gasteiger partial charge is 0.465 e. The second-order valence-electron chi connectivity index (χ2n) is 6.18. The summed E-state index contributed by atoms with van der Waals surface area (Å²) in [6, 6.07) is 14.2. The fourth-order valence-corrected chi connectivity index (χ4v) is 4.29. The van der Waals surface area contributed by atoms with Gasteiger partial charge in [-0.25, -0.2) is 4.98 Å². The van der Waals surface area contributed by atoms with Crippen LogP contribution >= 0.6 is 23.4 Å². The molecule has 1 heterocycles. The molecule has 0 unspecified atom stereocenters. The van der Waals surface area contributed by atoms with Gasteiger partial charge in [-0.15, -0.1) is 0 Å². The summed E-state index contributed by atoms with van der Waals surface area (Å²) in [7, 11) is 0. The highest BCUT2D eigenvalue weighted by Gasteiger charge is 2.24. The maximum atomic E-state index is 13.2. The summed E-state index contributed by atoms with van der Waals surface area (Å²) in [5.74, 6) is -0.297. The van der Waals surface area contributed by atoms with E-state index >= 15 is 0 Å². The van der Waals surface area contributed by atoms with Crippen LogP contribution in [0.25, 0.3) is 16.6 Å². The Hall–Kier alpha value is -2.31. The number of esters is 1. The highest BCUT2D eigenvalue weighted by Crippen LogP contribution is 2.29. The third kappa shape index (κ3) is 4.39. The monoisotopic (exact) mass is 416 g/mol. The van der Waals surface area contributed by atoms with E-state index in [4.69, 9.17) is 16.3 Å². The molecule has 146 valence electrons. The van der Waals surface area contributed by atoms with Crippen molar-refractivity contribution in [3.63, 3.8) is 0 Å². The molecule has 1 aromatic heterocycles. The molecule has 7 heteroatoms. The SMILES string of the molecule is CCC[C@H](Sc1nc2ccccc2c(=O)n1-c1cccc(Cl)c1)C(=O)OCC. The van der Waals surface area contributed by atoms with Gasteiger partial charge >= 0.3 is 5.97 Å². The Bertz CT molecular complexity index is 1050. The van der Waals surface area contributed by atoms with Crippen molar-refractivity contribution in [2.75, 3.05) is 6.61 Å². The summed E-state index contributed by atoms with van der Waals surface area (Å²) < 4.78 is 6.73. The number of fused-ring (bicyclic) bond motifs is 1. The number of aromatic nitrogens is 2. The maximum Gasteiger partial charge on any atom is 0.319 e. The van der Waals surface area contributed by atoms with E-state index in [0.29, 0.717) is 39.8 Å². The average Bonchev–Trinajstić information content (AvgIpc) is 2.68. The fraction of sp³-hybridized carbons (Fsp3) is 0.286. The van der Waals surface area contributed by atoms with Crippen molar-refractivity contribution in [1.82, 2.24) is 9.55 Å². The van der Waals surface area contributed by atoms with Gasteiger partial charge in [-0.05, 0) is 43.7 Å². The van der Waals surface area contributed by atoms with Crippen molar-refractivity contribution in [3.8, 4) is 5.69 Å². The fourth-order valence-electron chi connectivity index (χ4n) is 2.88. The molecular formula is C21H21ClN2O3S. The Morgan fingerprint density at radius 2 is 2.00 bits per heavy atom. The number of para-hydroxylation sites is 1. The third-order valence-electron chi connectivity index (χ3n) is 4.16. The van der Waals surface area contributed by atoms with Crippen LogP contribution in [-0.2, 0) is 9.53 Å². The van der Waals surface area contributed by atoms with E-state index in [9.17, 15) is 9.59 Å². The molecule has 1 atom stereocenters. The Labute approximate surface area is 172 Å².